The van der Waals surface area contributed by atoms with E-state index in [1.165, 1.54) is 0 Å². The lowest BCUT2D eigenvalue weighted by Crippen LogP contribution is -2.30. The Kier molecular flexibility index (Phi) is 6.44. The number of hydrogen-bond acceptors (Lipinski definition) is 6. The van der Waals surface area contributed by atoms with E-state index in [1.54, 1.807) is 6.92 Å². The van der Waals surface area contributed by atoms with Gasteiger partial charge in [-0.05, 0) is 12.5 Å². The number of nitrogens with one attached hydrogen (secondary N) is 2. The van der Waals surface area contributed by atoms with Gasteiger partial charge in [-0.2, -0.15) is 13.2 Å². The Balaban J connectivity index is 1.80. The number of rotatable bonds is 7. The number of halogens is 3. The highest BCUT2D eigenvalue weighted by atomic mass is 32.2. The maximum Gasteiger partial charge on any atom is 0.405 e. The van der Waals surface area contributed by atoms with E-state index in [0.717, 1.165) is 28.7 Å². The number of hydrogen-bond donors (Lipinski definition) is 2. The van der Waals surface area contributed by atoms with Crippen LogP contribution in [0.1, 0.15) is 12.5 Å². The van der Waals surface area contributed by atoms with Gasteiger partial charge in [0.2, 0.25) is 11.0 Å². The summed E-state index contributed by atoms with van der Waals surface area (Å²) in [7, 11) is 0. The molecule has 0 bridgehead atoms. The lowest BCUT2D eigenvalue weighted by atomic mass is 10.2. The number of anilines is 1. The normalized spacial score (nSPS) is 12.7. The summed E-state index contributed by atoms with van der Waals surface area (Å²) in [5, 5.41) is 12.0. The Morgan fingerprint density at radius 1 is 1.29 bits per heavy atom. The van der Waals surface area contributed by atoms with Gasteiger partial charge in [0.15, 0.2) is 4.34 Å². The van der Waals surface area contributed by atoms with Crippen molar-refractivity contribution in [3.05, 3.63) is 35.9 Å². The summed E-state index contributed by atoms with van der Waals surface area (Å²) >= 11 is 2.14. The fourth-order valence-electron chi connectivity index (χ4n) is 1.64. The molecule has 5 nitrogen and oxygen atoms in total. The number of nitrogens with zero attached hydrogens (tertiary/aromatic N) is 2. The number of carbonyl (C=O) groups is 1. The van der Waals surface area contributed by atoms with Crippen LogP contribution in [0.5, 0.6) is 0 Å². The topological polar surface area (TPSA) is 66.9 Å². The number of thioether (sulfide) groups is 1. The van der Waals surface area contributed by atoms with Gasteiger partial charge in [-0.3, -0.25) is 4.79 Å². The van der Waals surface area contributed by atoms with Crippen molar-refractivity contribution in [2.24, 2.45) is 0 Å². The Bertz CT molecular complexity index is 664. The molecule has 0 radical (unpaired) electrons. The minimum absolute atomic E-state index is 0.0757. The molecule has 0 unspecified atom stereocenters. The molecule has 130 valence electrons. The second kappa shape index (κ2) is 8.34. The van der Waals surface area contributed by atoms with Gasteiger partial charge in [0.05, 0.1) is 5.25 Å². The van der Waals surface area contributed by atoms with Crippen LogP contribution in [-0.2, 0) is 11.3 Å². The van der Waals surface area contributed by atoms with Crippen LogP contribution < -0.4 is 10.6 Å². The minimum Gasteiger partial charge on any atom is -0.351 e. The van der Waals surface area contributed by atoms with Crippen LogP contribution in [-0.4, -0.2) is 34.1 Å². The maximum absolute atomic E-state index is 12.1. The Hall–Kier alpha value is -1.81. The van der Waals surface area contributed by atoms with Crippen molar-refractivity contribution in [3.63, 3.8) is 0 Å². The number of alkyl halides is 3. The Morgan fingerprint density at radius 2 is 2.00 bits per heavy atom. The maximum atomic E-state index is 12.1. The van der Waals surface area contributed by atoms with E-state index in [-0.39, 0.29) is 11.0 Å². The summed E-state index contributed by atoms with van der Waals surface area (Å²) in [5.41, 5.74) is 0.984. The van der Waals surface area contributed by atoms with Crippen molar-refractivity contribution in [2.75, 3.05) is 11.9 Å². The molecule has 2 N–H and O–H groups in total. The molecule has 0 fully saturated rings. The summed E-state index contributed by atoms with van der Waals surface area (Å²) in [6.45, 7) is 0.952. The molecular formula is C14H15F3N4OS2. The van der Waals surface area contributed by atoms with Crippen LogP contribution in [0.25, 0.3) is 0 Å². The third-order valence-corrected chi connectivity index (χ3v) is 4.87. The molecule has 1 atom stereocenters. The molecule has 0 saturated carbocycles. The average Bonchev–Trinajstić information content (AvgIpc) is 2.98. The summed E-state index contributed by atoms with van der Waals surface area (Å²) < 4.78 is 36.8. The van der Waals surface area contributed by atoms with E-state index in [2.05, 4.69) is 20.8 Å². The fourth-order valence-corrected chi connectivity index (χ4v) is 3.55. The molecule has 0 aliphatic rings. The molecule has 0 spiro atoms. The first-order chi connectivity index (χ1) is 11.3. The van der Waals surface area contributed by atoms with Crippen molar-refractivity contribution in [3.8, 4) is 0 Å². The van der Waals surface area contributed by atoms with Gasteiger partial charge in [-0.25, -0.2) is 0 Å². The molecule has 1 aromatic carbocycles. The number of amides is 1. The molecule has 24 heavy (non-hydrogen) atoms. The molecule has 1 amide bonds. The zero-order valence-corrected chi connectivity index (χ0v) is 14.3. The van der Waals surface area contributed by atoms with Crippen molar-refractivity contribution >= 4 is 34.1 Å². The van der Waals surface area contributed by atoms with Gasteiger partial charge in [0.1, 0.15) is 6.54 Å². The van der Waals surface area contributed by atoms with Gasteiger partial charge >= 0.3 is 6.18 Å². The zero-order valence-electron chi connectivity index (χ0n) is 12.6. The zero-order chi connectivity index (χ0) is 17.6. The smallest absolute Gasteiger partial charge is 0.351 e. The molecule has 0 aliphatic carbocycles. The van der Waals surface area contributed by atoms with Crippen LogP contribution in [0, 0.1) is 0 Å². The summed E-state index contributed by atoms with van der Waals surface area (Å²) in [4.78, 5) is 12.0. The van der Waals surface area contributed by atoms with Crippen LogP contribution in [0.3, 0.4) is 0 Å². The first-order valence-corrected chi connectivity index (χ1v) is 8.65. The lowest BCUT2D eigenvalue weighted by Gasteiger charge is -2.10. The fraction of sp³-hybridized carbons (Fsp3) is 0.357. The average molecular weight is 376 g/mol. The predicted molar refractivity (Wildman–Crippen MR) is 88.1 cm³/mol. The lowest BCUT2D eigenvalue weighted by molar-refractivity contribution is -0.120. The van der Waals surface area contributed by atoms with Crippen molar-refractivity contribution < 1.29 is 18.0 Å². The number of benzene rings is 1. The van der Waals surface area contributed by atoms with Gasteiger partial charge in [0.25, 0.3) is 0 Å². The number of aromatic nitrogens is 2. The quantitative estimate of drug-likeness (QED) is 0.726. The molecule has 1 heterocycles. The number of carbonyl (C=O) groups excluding carboxylic acids is 1. The molecular weight excluding hydrogens is 361 g/mol. The Morgan fingerprint density at radius 3 is 2.67 bits per heavy atom. The van der Waals surface area contributed by atoms with Crippen molar-refractivity contribution in [1.29, 1.82) is 0 Å². The molecule has 0 saturated heterocycles. The molecule has 2 rings (SSSR count). The SMILES string of the molecule is C[C@@H](Sc1nnc(NCC(F)(F)F)s1)C(=O)NCc1ccccc1. The van der Waals surface area contributed by atoms with Gasteiger partial charge in [-0.1, -0.05) is 53.4 Å². The highest BCUT2D eigenvalue weighted by molar-refractivity contribution is 8.02. The molecule has 10 heteroatoms. The summed E-state index contributed by atoms with van der Waals surface area (Å²) in [6.07, 6.45) is -4.32. The van der Waals surface area contributed by atoms with Gasteiger partial charge < -0.3 is 10.6 Å². The first kappa shape index (κ1) is 18.5. The van der Waals surface area contributed by atoms with Crippen LogP contribution in [0.15, 0.2) is 34.7 Å². The van der Waals surface area contributed by atoms with Crippen molar-refractivity contribution in [2.45, 2.75) is 29.2 Å². The largest absolute Gasteiger partial charge is 0.405 e. The third kappa shape index (κ3) is 6.36. The highest BCUT2D eigenvalue weighted by Gasteiger charge is 2.27. The highest BCUT2D eigenvalue weighted by Crippen LogP contribution is 2.29. The van der Waals surface area contributed by atoms with E-state index in [9.17, 15) is 18.0 Å². The first-order valence-electron chi connectivity index (χ1n) is 6.96. The third-order valence-electron chi connectivity index (χ3n) is 2.80. The minimum atomic E-state index is -4.32. The molecule has 1 aromatic heterocycles. The monoisotopic (exact) mass is 376 g/mol. The van der Waals surface area contributed by atoms with Gasteiger partial charge in [-0.15, -0.1) is 10.2 Å². The van der Waals surface area contributed by atoms with Crippen molar-refractivity contribution in [1.82, 2.24) is 15.5 Å². The predicted octanol–water partition coefficient (Wildman–Crippen LogP) is 3.31. The van der Waals surface area contributed by atoms with E-state index in [4.69, 9.17) is 0 Å². The van der Waals surface area contributed by atoms with E-state index < -0.39 is 18.0 Å². The second-order valence-electron chi connectivity index (χ2n) is 4.81. The summed E-state index contributed by atoms with van der Waals surface area (Å²) in [6, 6.07) is 9.47. The second-order valence-corrected chi connectivity index (χ2v) is 7.37. The standard InChI is InChI=1S/C14H15F3N4OS2/c1-9(11(22)18-7-10-5-3-2-4-6-10)23-13-21-20-12(24-13)19-8-14(15,16)17/h2-6,9H,7-8H2,1H3,(H,18,22)(H,19,20)/t9-/m1/s1. The van der Waals surface area contributed by atoms with Gasteiger partial charge in [0, 0.05) is 6.54 Å². The van der Waals surface area contributed by atoms with Crippen LogP contribution in [0.2, 0.25) is 0 Å². The van der Waals surface area contributed by atoms with Crippen LogP contribution >= 0.6 is 23.1 Å². The Labute approximate surface area is 145 Å². The van der Waals surface area contributed by atoms with E-state index >= 15 is 0 Å². The van der Waals surface area contributed by atoms with Crippen LogP contribution in [0.4, 0.5) is 18.3 Å². The molecule has 2 aromatic rings. The van der Waals surface area contributed by atoms with E-state index in [0.29, 0.717) is 10.9 Å². The summed E-state index contributed by atoms with van der Waals surface area (Å²) in [5.74, 6) is -0.177. The van der Waals surface area contributed by atoms with E-state index in [1.807, 2.05) is 30.3 Å². The molecule has 0 aliphatic heterocycles.